The smallest absolute Gasteiger partial charge is 0.136 e. The molecular weight excluding hydrogens is 360 g/mol. The summed E-state index contributed by atoms with van der Waals surface area (Å²) >= 11 is 3.51. The van der Waals surface area contributed by atoms with Crippen molar-refractivity contribution in [2.75, 3.05) is 0 Å². The molecule has 2 heteroatoms. The van der Waals surface area contributed by atoms with E-state index in [0.717, 1.165) is 15.6 Å². The fourth-order valence-corrected chi connectivity index (χ4v) is 3.65. The summed E-state index contributed by atoms with van der Waals surface area (Å²) < 4.78 is 7.22. The third kappa shape index (κ3) is 2.07. The van der Waals surface area contributed by atoms with Crippen molar-refractivity contribution >= 4 is 48.6 Å². The molecule has 0 aliphatic rings. The first-order chi connectivity index (χ1) is 11.8. The van der Waals surface area contributed by atoms with Crippen molar-refractivity contribution in [1.82, 2.24) is 0 Å². The van der Waals surface area contributed by atoms with Crippen molar-refractivity contribution < 1.29 is 4.42 Å². The molecule has 1 aromatic heterocycles. The Morgan fingerprint density at radius 1 is 0.667 bits per heavy atom. The zero-order valence-corrected chi connectivity index (χ0v) is 14.4. The van der Waals surface area contributed by atoms with Gasteiger partial charge in [-0.15, -0.1) is 0 Å². The molecule has 0 spiro atoms. The highest BCUT2D eigenvalue weighted by molar-refractivity contribution is 9.10. The minimum Gasteiger partial charge on any atom is -0.456 e. The van der Waals surface area contributed by atoms with Gasteiger partial charge < -0.3 is 4.42 Å². The van der Waals surface area contributed by atoms with E-state index in [1.165, 1.54) is 32.7 Å². The normalized spacial score (nSPS) is 11.5. The van der Waals surface area contributed by atoms with E-state index in [-0.39, 0.29) is 0 Å². The molecule has 24 heavy (non-hydrogen) atoms. The van der Waals surface area contributed by atoms with Crippen molar-refractivity contribution in [3.63, 3.8) is 0 Å². The van der Waals surface area contributed by atoms with E-state index >= 15 is 0 Å². The van der Waals surface area contributed by atoms with Gasteiger partial charge in [-0.1, -0.05) is 64.5 Å². The van der Waals surface area contributed by atoms with Crippen LogP contribution in [-0.2, 0) is 0 Å². The Morgan fingerprint density at radius 3 is 2.21 bits per heavy atom. The van der Waals surface area contributed by atoms with Gasteiger partial charge in [-0.05, 0) is 52.2 Å². The average molecular weight is 373 g/mol. The molecule has 1 heterocycles. The van der Waals surface area contributed by atoms with E-state index < -0.39 is 0 Å². The fraction of sp³-hybridized carbons (Fsp3) is 0. The van der Waals surface area contributed by atoms with Crippen LogP contribution < -0.4 is 0 Å². The van der Waals surface area contributed by atoms with Crippen LogP contribution in [0.15, 0.2) is 87.8 Å². The molecule has 4 aromatic carbocycles. The molecule has 0 fully saturated rings. The van der Waals surface area contributed by atoms with Crippen molar-refractivity contribution in [3.05, 3.63) is 83.3 Å². The summed E-state index contributed by atoms with van der Waals surface area (Å²) in [5.74, 6) is 0. The van der Waals surface area contributed by atoms with Crippen LogP contribution in [0.5, 0.6) is 0 Å². The van der Waals surface area contributed by atoms with Gasteiger partial charge in [-0.3, -0.25) is 0 Å². The Bertz CT molecular complexity index is 1200. The first-order valence-corrected chi connectivity index (χ1v) is 8.69. The molecule has 114 valence electrons. The van der Waals surface area contributed by atoms with Crippen LogP contribution >= 0.6 is 15.9 Å². The highest BCUT2D eigenvalue weighted by Crippen LogP contribution is 2.38. The second kappa shape index (κ2) is 5.22. The standard InChI is InChI=1S/C22H13BrO/c23-17-10-8-14(9-11-17)18-6-3-7-20-22(18)19-12-15-4-1-2-5-16(15)13-21(19)24-20/h1-13H. The molecule has 0 amide bonds. The maximum Gasteiger partial charge on any atom is 0.136 e. The summed E-state index contributed by atoms with van der Waals surface area (Å²) in [6, 6.07) is 27.5. The molecular formula is C22H13BrO. The van der Waals surface area contributed by atoms with Gasteiger partial charge in [0, 0.05) is 15.2 Å². The molecule has 5 aromatic rings. The molecule has 0 aliphatic carbocycles. The zero-order valence-electron chi connectivity index (χ0n) is 12.8. The molecule has 0 atom stereocenters. The zero-order chi connectivity index (χ0) is 16.1. The van der Waals surface area contributed by atoms with E-state index in [2.05, 4.69) is 88.7 Å². The van der Waals surface area contributed by atoms with Gasteiger partial charge in [-0.25, -0.2) is 0 Å². The summed E-state index contributed by atoms with van der Waals surface area (Å²) in [4.78, 5) is 0. The average Bonchev–Trinajstić information content (AvgIpc) is 2.98. The quantitative estimate of drug-likeness (QED) is 0.304. The van der Waals surface area contributed by atoms with Gasteiger partial charge in [0.15, 0.2) is 0 Å². The topological polar surface area (TPSA) is 13.1 Å². The first kappa shape index (κ1) is 13.8. The number of furan rings is 1. The Labute approximate surface area is 147 Å². The second-order valence-electron chi connectivity index (χ2n) is 5.98. The fourth-order valence-electron chi connectivity index (χ4n) is 3.38. The van der Waals surface area contributed by atoms with Crippen LogP contribution in [0.2, 0.25) is 0 Å². The van der Waals surface area contributed by atoms with E-state index in [9.17, 15) is 0 Å². The minimum absolute atomic E-state index is 0.931. The van der Waals surface area contributed by atoms with Crippen LogP contribution in [0.3, 0.4) is 0 Å². The molecule has 0 bridgehead atoms. The number of fused-ring (bicyclic) bond motifs is 4. The number of rotatable bonds is 1. The monoisotopic (exact) mass is 372 g/mol. The Balaban J connectivity index is 1.91. The summed E-state index contributed by atoms with van der Waals surface area (Å²) in [6.07, 6.45) is 0. The largest absolute Gasteiger partial charge is 0.456 e. The third-order valence-electron chi connectivity index (χ3n) is 4.52. The summed E-state index contributed by atoms with van der Waals surface area (Å²) in [5.41, 5.74) is 4.27. The third-order valence-corrected chi connectivity index (χ3v) is 5.05. The molecule has 0 unspecified atom stereocenters. The van der Waals surface area contributed by atoms with E-state index in [0.29, 0.717) is 0 Å². The van der Waals surface area contributed by atoms with Gasteiger partial charge in [0.1, 0.15) is 11.2 Å². The molecule has 5 rings (SSSR count). The second-order valence-corrected chi connectivity index (χ2v) is 6.90. The van der Waals surface area contributed by atoms with Crippen LogP contribution in [0.1, 0.15) is 0 Å². The van der Waals surface area contributed by atoms with Crippen molar-refractivity contribution in [2.45, 2.75) is 0 Å². The van der Waals surface area contributed by atoms with Crippen molar-refractivity contribution in [2.24, 2.45) is 0 Å². The SMILES string of the molecule is Brc1ccc(-c2cccc3oc4cc5ccccc5cc4c23)cc1. The maximum absolute atomic E-state index is 6.14. The van der Waals surface area contributed by atoms with Crippen LogP contribution in [0.25, 0.3) is 43.8 Å². The lowest BCUT2D eigenvalue weighted by atomic mass is 9.98. The van der Waals surface area contributed by atoms with Gasteiger partial charge in [0.2, 0.25) is 0 Å². The lowest BCUT2D eigenvalue weighted by Gasteiger charge is -2.04. The Morgan fingerprint density at radius 2 is 1.42 bits per heavy atom. The molecule has 0 radical (unpaired) electrons. The minimum atomic E-state index is 0.931. The van der Waals surface area contributed by atoms with E-state index in [1.807, 2.05) is 6.07 Å². The van der Waals surface area contributed by atoms with Gasteiger partial charge in [0.05, 0.1) is 0 Å². The van der Waals surface area contributed by atoms with Gasteiger partial charge in [0.25, 0.3) is 0 Å². The highest BCUT2D eigenvalue weighted by atomic mass is 79.9. The first-order valence-electron chi connectivity index (χ1n) is 7.89. The molecule has 0 N–H and O–H groups in total. The van der Waals surface area contributed by atoms with Crippen LogP contribution in [-0.4, -0.2) is 0 Å². The highest BCUT2D eigenvalue weighted by Gasteiger charge is 2.13. The Hall–Kier alpha value is -2.58. The number of hydrogen-bond donors (Lipinski definition) is 0. The molecule has 0 saturated carbocycles. The molecule has 0 saturated heterocycles. The molecule has 1 nitrogen and oxygen atoms in total. The lowest BCUT2D eigenvalue weighted by molar-refractivity contribution is 0.669. The predicted molar refractivity (Wildman–Crippen MR) is 104 cm³/mol. The predicted octanol–water partition coefficient (Wildman–Crippen LogP) is 7.17. The summed E-state index contributed by atoms with van der Waals surface area (Å²) in [5, 5.41) is 4.79. The van der Waals surface area contributed by atoms with Gasteiger partial charge in [-0.2, -0.15) is 0 Å². The lowest BCUT2D eigenvalue weighted by Crippen LogP contribution is -1.79. The van der Waals surface area contributed by atoms with Crippen LogP contribution in [0.4, 0.5) is 0 Å². The summed E-state index contributed by atoms with van der Waals surface area (Å²) in [7, 11) is 0. The van der Waals surface area contributed by atoms with Gasteiger partial charge >= 0.3 is 0 Å². The van der Waals surface area contributed by atoms with Crippen LogP contribution in [0, 0.1) is 0 Å². The number of benzene rings is 4. The van der Waals surface area contributed by atoms with Crippen molar-refractivity contribution in [3.8, 4) is 11.1 Å². The van der Waals surface area contributed by atoms with E-state index in [4.69, 9.17) is 4.42 Å². The summed E-state index contributed by atoms with van der Waals surface area (Å²) in [6.45, 7) is 0. The van der Waals surface area contributed by atoms with Crippen molar-refractivity contribution in [1.29, 1.82) is 0 Å². The number of hydrogen-bond acceptors (Lipinski definition) is 1. The Kier molecular flexibility index (Phi) is 3.00. The van der Waals surface area contributed by atoms with E-state index in [1.54, 1.807) is 0 Å². The number of halogens is 1. The maximum atomic E-state index is 6.14. The molecule has 0 aliphatic heterocycles.